The van der Waals surface area contributed by atoms with E-state index < -0.39 is 11.7 Å². The molecule has 1 aromatic heterocycles. The number of aromatic nitrogens is 3. The summed E-state index contributed by atoms with van der Waals surface area (Å²) in [5.74, 6) is 0.734. The van der Waals surface area contributed by atoms with Gasteiger partial charge in [0.2, 0.25) is 0 Å². The third-order valence-electron chi connectivity index (χ3n) is 2.98. The summed E-state index contributed by atoms with van der Waals surface area (Å²) in [6, 6.07) is 5.13. The van der Waals surface area contributed by atoms with E-state index in [1.165, 1.54) is 12.1 Å². The van der Waals surface area contributed by atoms with Crippen LogP contribution < -0.4 is 0 Å². The minimum absolute atomic E-state index is 0.162. The number of hydrogen-bond donors (Lipinski definition) is 0. The van der Waals surface area contributed by atoms with Crippen molar-refractivity contribution in [1.29, 1.82) is 0 Å². The molecule has 2 rings (SSSR count). The highest BCUT2D eigenvalue weighted by atomic mass is 19.4. The van der Waals surface area contributed by atoms with E-state index in [4.69, 9.17) is 0 Å². The molecule has 0 unspecified atom stereocenters. The van der Waals surface area contributed by atoms with Crippen LogP contribution in [-0.2, 0) is 18.1 Å². The van der Waals surface area contributed by atoms with Gasteiger partial charge in [0, 0.05) is 12.0 Å². The van der Waals surface area contributed by atoms with Gasteiger partial charge in [-0.3, -0.25) is 0 Å². The van der Waals surface area contributed by atoms with Crippen molar-refractivity contribution in [2.45, 2.75) is 38.9 Å². The number of halogens is 3. The molecule has 1 aromatic carbocycles. The zero-order valence-electron chi connectivity index (χ0n) is 11.6. The highest BCUT2D eigenvalue weighted by molar-refractivity contribution is 5.26. The third kappa shape index (κ3) is 3.18. The fourth-order valence-corrected chi connectivity index (χ4v) is 1.93. The molecule has 0 saturated carbocycles. The van der Waals surface area contributed by atoms with Gasteiger partial charge in [-0.2, -0.15) is 13.2 Å². The van der Waals surface area contributed by atoms with E-state index in [1.807, 2.05) is 25.3 Å². The van der Waals surface area contributed by atoms with Crippen LogP contribution in [0.3, 0.4) is 0 Å². The minimum atomic E-state index is -4.30. The van der Waals surface area contributed by atoms with Crippen molar-refractivity contribution < 1.29 is 13.2 Å². The quantitative estimate of drug-likeness (QED) is 0.842. The summed E-state index contributed by atoms with van der Waals surface area (Å²) in [7, 11) is 0. The molecule has 0 bridgehead atoms. The SMILES string of the molecule is CC(C)(C)n1cnnc1Cc1ccc(C(F)(F)F)cc1. The van der Waals surface area contributed by atoms with Gasteiger partial charge in [-0.1, -0.05) is 12.1 Å². The van der Waals surface area contributed by atoms with Gasteiger partial charge in [0.25, 0.3) is 0 Å². The lowest BCUT2D eigenvalue weighted by Crippen LogP contribution is -2.23. The van der Waals surface area contributed by atoms with Crippen molar-refractivity contribution in [1.82, 2.24) is 14.8 Å². The highest BCUT2D eigenvalue weighted by Crippen LogP contribution is 2.29. The molecule has 108 valence electrons. The van der Waals surface area contributed by atoms with Gasteiger partial charge in [0.15, 0.2) is 0 Å². The van der Waals surface area contributed by atoms with Crippen LogP contribution in [-0.4, -0.2) is 14.8 Å². The molecule has 6 heteroatoms. The Kier molecular flexibility index (Phi) is 3.58. The lowest BCUT2D eigenvalue weighted by molar-refractivity contribution is -0.137. The topological polar surface area (TPSA) is 30.7 Å². The molecule has 0 aliphatic carbocycles. The van der Waals surface area contributed by atoms with Crippen LogP contribution in [0.1, 0.15) is 37.7 Å². The van der Waals surface area contributed by atoms with Crippen LogP contribution >= 0.6 is 0 Å². The molecule has 0 amide bonds. The molecule has 0 spiro atoms. The Morgan fingerprint density at radius 3 is 2.15 bits per heavy atom. The molecule has 0 N–H and O–H groups in total. The maximum Gasteiger partial charge on any atom is 0.416 e. The van der Waals surface area contributed by atoms with Crippen LogP contribution in [0.15, 0.2) is 30.6 Å². The van der Waals surface area contributed by atoms with Crippen LogP contribution in [0.25, 0.3) is 0 Å². The van der Waals surface area contributed by atoms with Crippen molar-refractivity contribution in [3.63, 3.8) is 0 Å². The summed E-state index contributed by atoms with van der Waals surface area (Å²) in [4.78, 5) is 0. The second-order valence-electron chi connectivity index (χ2n) is 5.66. The van der Waals surface area contributed by atoms with Gasteiger partial charge in [0.1, 0.15) is 12.2 Å². The number of nitrogens with zero attached hydrogens (tertiary/aromatic N) is 3. The summed E-state index contributed by atoms with van der Waals surface area (Å²) >= 11 is 0. The normalized spacial score (nSPS) is 12.7. The smallest absolute Gasteiger partial charge is 0.312 e. The minimum Gasteiger partial charge on any atom is -0.312 e. The number of benzene rings is 1. The molecule has 0 aliphatic heterocycles. The van der Waals surface area contributed by atoms with Gasteiger partial charge in [-0.05, 0) is 38.5 Å². The molecular formula is C14H16F3N3. The Bertz CT molecular complexity index is 577. The molecular weight excluding hydrogens is 267 g/mol. The lowest BCUT2D eigenvalue weighted by atomic mass is 10.1. The Morgan fingerprint density at radius 2 is 1.65 bits per heavy atom. The lowest BCUT2D eigenvalue weighted by Gasteiger charge is -2.22. The predicted molar refractivity (Wildman–Crippen MR) is 69.3 cm³/mol. The van der Waals surface area contributed by atoms with Gasteiger partial charge in [-0.25, -0.2) is 0 Å². The molecule has 0 radical (unpaired) electrons. The number of hydrogen-bond acceptors (Lipinski definition) is 2. The van der Waals surface area contributed by atoms with Crippen LogP contribution in [0, 0.1) is 0 Å². The molecule has 0 atom stereocenters. The summed E-state index contributed by atoms with van der Waals surface area (Å²) < 4.78 is 39.4. The van der Waals surface area contributed by atoms with Crippen LogP contribution in [0.5, 0.6) is 0 Å². The fourth-order valence-electron chi connectivity index (χ4n) is 1.93. The van der Waals surface area contributed by atoms with E-state index in [2.05, 4.69) is 10.2 Å². The zero-order valence-corrected chi connectivity index (χ0v) is 11.6. The monoisotopic (exact) mass is 283 g/mol. The first kappa shape index (κ1) is 14.6. The summed E-state index contributed by atoms with van der Waals surface area (Å²) in [6.45, 7) is 6.06. The fraction of sp³-hybridized carbons (Fsp3) is 0.429. The average Bonchev–Trinajstić information content (AvgIpc) is 2.76. The van der Waals surface area contributed by atoms with E-state index >= 15 is 0 Å². The first-order valence-electron chi connectivity index (χ1n) is 6.23. The van der Waals surface area contributed by atoms with E-state index in [1.54, 1.807) is 6.33 Å². The molecule has 0 fully saturated rings. The Hall–Kier alpha value is -1.85. The van der Waals surface area contributed by atoms with Crippen LogP contribution in [0.2, 0.25) is 0 Å². The van der Waals surface area contributed by atoms with E-state index in [9.17, 15) is 13.2 Å². The van der Waals surface area contributed by atoms with E-state index in [-0.39, 0.29) is 5.54 Å². The molecule has 2 aromatic rings. The van der Waals surface area contributed by atoms with Crippen molar-refractivity contribution in [3.05, 3.63) is 47.5 Å². The van der Waals surface area contributed by atoms with Gasteiger partial charge < -0.3 is 4.57 Å². The van der Waals surface area contributed by atoms with Crippen molar-refractivity contribution >= 4 is 0 Å². The van der Waals surface area contributed by atoms with Gasteiger partial charge >= 0.3 is 6.18 Å². The average molecular weight is 283 g/mol. The molecule has 3 nitrogen and oxygen atoms in total. The number of alkyl halides is 3. The Labute approximate surface area is 115 Å². The molecule has 1 heterocycles. The van der Waals surface area contributed by atoms with Gasteiger partial charge in [-0.15, -0.1) is 10.2 Å². The second-order valence-corrected chi connectivity index (χ2v) is 5.66. The maximum atomic E-state index is 12.5. The highest BCUT2D eigenvalue weighted by Gasteiger charge is 2.30. The first-order valence-corrected chi connectivity index (χ1v) is 6.23. The summed E-state index contributed by atoms with van der Waals surface area (Å²) in [5, 5.41) is 7.91. The van der Waals surface area contributed by atoms with Gasteiger partial charge in [0.05, 0.1) is 5.56 Å². The largest absolute Gasteiger partial charge is 0.416 e. The molecule has 20 heavy (non-hydrogen) atoms. The van der Waals surface area contributed by atoms with Crippen molar-refractivity contribution in [2.24, 2.45) is 0 Å². The predicted octanol–water partition coefficient (Wildman–Crippen LogP) is 3.64. The van der Waals surface area contributed by atoms with Crippen molar-refractivity contribution in [2.75, 3.05) is 0 Å². The number of rotatable bonds is 2. The van der Waals surface area contributed by atoms with E-state index in [0.29, 0.717) is 6.42 Å². The standard InChI is InChI=1S/C14H16F3N3/c1-13(2,3)20-9-18-19-12(20)8-10-4-6-11(7-5-10)14(15,16)17/h4-7,9H,8H2,1-3H3. The zero-order chi connectivity index (χ0) is 15.0. The van der Waals surface area contributed by atoms with Crippen LogP contribution in [0.4, 0.5) is 13.2 Å². The Balaban J connectivity index is 2.22. The Morgan fingerprint density at radius 1 is 1.05 bits per heavy atom. The third-order valence-corrected chi connectivity index (χ3v) is 2.98. The molecule has 0 saturated heterocycles. The summed E-state index contributed by atoms with van der Waals surface area (Å²) in [5.41, 5.74) is -0.0277. The van der Waals surface area contributed by atoms with E-state index in [0.717, 1.165) is 23.5 Å². The first-order chi connectivity index (χ1) is 9.18. The molecule has 0 aliphatic rings. The second kappa shape index (κ2) is 4.92. The van der Waals surface area contributed by atoms with Crippen molar-refractivity contribution in [3.8, 4) is 0 Å². The summed E-state index contributed by atoms with van der Waals surface area (Å²) in [6.07, 6.45) is -2.21. The maximum absolute atomic E-state index is 12.5.